The maximum Gasteiger partial charge on any atom is 0.272 e. The molecule has 1 aromatic carbocycles. The highest BCUT2D eigenvalue weighted by Crippen LogP contribution is 2.25. The first-order valence-corrected chi connectivity index (χ1v) is 8.58. The van der Waals surface area contributed by atoms with Crippen LogP contribution in [0.2, 0.25) is 5.15 Å². The highest BCUT2D eigenvalue weighted by molar-refractivity contribution is 8.00. The average Bonchev–Trinajstić information content (AvgIpc) is 2.54. The zero-order chi connectivity index (χ0) is 14.8. The fourth-order valence-electron chi connectivity index (χ4n) is 2.58. The predicted molar refractivity (Wildman–Crippen MR) is 89.2 cm³/mol. The minimum absolute atomic E-state index is 0.0126. The molecule has 1 saturated heterocycles. The van der Waals surface area contributed by atoms with Crippen molar-refractivity contribution in [2.45, 2.75) is 18.6 Å². The van der Waals surface area contributed by atoms with Crippen molar-refractivity contribution in [2.24, 2.45) is 0 Å². The highest BCUT2D eigenvalue weighted by Gasteiger charge is 2.25. The van der Waals surface area contributed by atoms with Crippen LogP contribution in [0.3, 0.4) is 0 Å². The van der Waals surface area contributed by atoms with E-state index in [0.29, 0.717) is 16.1 Å². The summed E-state index contributed by atoms with van der Waals surface area (Å²) in [7, 11) is 0. The molecule has 0 saturated carbocycles. The average molecular weight is 321 g/mol. The number of rotatable bonds is 2. The molecule has 3 nitrogen and oxygen atoms in total. The van der Waals surface area contributed by atoms with Gasteiger partial charge in [-0.25, -0.2) is 4.98 Å². The fraction of sp³-hybridized carbons (Fsp3) is 0.375. The molecule has 1 amide bonds. The van der Waals surface area contributed by atoms with Crippen LogP contribution in [0.25, 0.3) is 10.8 Å². The normalized spacial score (nSPS) is 19.0. The van der Waals surface area contributed by atoms with Gasteiger partial charge in [0, 0.05) is 29.5 Å². The molecular formula is C16H17ClN2OS. The van der Waals surface area contributed by atoms with Gasteiger partial charge in [0.25, 0.3) is 5.91 Å². The number of pyridine rings is 1. The van der Waals surface area contributed by atoms with Gasteiger partial charge < -0.3 is 4.90 Å². The first kappa shape index (κ1) is 14.7. The van der Waals surface area contributed by atoms with Gasteiger partial charge in [-0.2, -0.15) is 11.8 Å². The number of fused-ring (bicyclic) bond motifs is 1. The van der Waals surface area contributed by atoms with Crippen LogP contribution in [0.5, 0.6) is 0 Å². The largest absolute Gasteiger partial charge is 0.335 e. The van der Waals surface area contributed by atoms with E-state index < -0.39 is 0 Å². The molecule has 0 aliphatic carbocycles. The minimum Gasteiger partial charge on any atom is -0.335 e. The Labute approximate surface area is 133 Å². The SMILES string of the molecule is CCC1CN(C(=O)c2cc3ccccc3c(Cl)n2)CCS1. The van der Waals surface area contributed by atoms with Crippen molar-refractivity contribution < 1.29 is 4.79 Å². The molecule has 21 heavy (non-hydrogen) atoms. The zero-order valence-electron chi connectivity index (χ0n) is 11.9. The van der Waals surface area contributed by atoms with E-state index in [4.69, 9.17) is 11.6 Å². The van der Waals surface area contributed by atoms with Gasteiger partial charge in [0.2, 0.25) is 0 Å². The fourth-order valence-corrected chi connectivity index (χ4v) is 4.02. The number of hydrogen-bond donors (Lipinski definition) is 0. The van der Waals surface area contributed by atoms with E-state index in [1.165, 1.54) is 0 Å². The molecule has 1 aliphatic rings. The summed E-state index contributed by atoms with van der Waals surface area (Å²) < 4.78 is 0. The topological polar surface area (TPSA) is 33.2 Å². The zero-order valence-corrected chi connectivity index (χ0v) is 13.5. The summed E-state index contributed by atoms with van der Waals surface area (Å²) in [6.07, 6.45) is 1.08. The van der Waals surface area contributed by atoms with Crippen LogP contribution >= 0.6 is 23.4 Å². The number of hydrogen-bond acceptors (Lipinski definition) is 3. The third-order valence-electron chi connectivity index (χ3n) is 3.79. The summed E-state index contributed by atoms with van der Waals surface area (Å²) in [6.45, 7) is 3.75. The minimum atomic E-state index is -0.0126. The number of benzene rings is 1. The lowest BCUT2D eigenvalue weighted by Gasteiger charge is -2.31. The van der Waals surface area contributed by atoms with E-state index in [0.717, 1.165) is 36.0 Å². The molecular weight excluding hydrogens is 304 g/mol. The summed E-state index contributed by atoms with van der Waals surface area (Å²) in [5, 5.41) is 2.77. The van der Waals surface area contributed by atoms with E-state index in [1.54, 1.807) is 0 Å². The van der Waals surface area contributed by atoms with E-state index in [9.17, 15) is 4.79 Å². The van der Waals surface area contributed by atoms with Gasteiger partial charge in [-0.15, -0.1) is 0 Å². The molecule has 0 radical (unpaired) electrons. The Morgan fingerprint density at radius 2 is 2.29 bits per heavy atom. The van der Waals surface area contributed by atoms with Crippen LogP contribution in [0, 0.1) is 0 Å². The molecule has 0 spiro atoms. The number of thioether (sulfide) groups is 1. The number of aromatic nitrogens is 1. The second-order valence-corrected chi connectivity index (χ2v) is 6.94. The second kappa shape index (κ2) is 6.24. The van der Waals surface area contributed by atoms with Crippen LogP contribution in [0.15, 0.2) is 30.3 Å². The number of amides is 1. The summed E-state index contributed by atoms with van der Waals surface area (Å²) in [5.74, 6) is 0.979. The number of nitrogens with zero attached hydrogens (tertiary/aromatic N) is 2. The Hall–Kier alpha value is -1.26. The monoisotopic (exact) mass is 320 g/mol. The maximum absolute atomic E-state index is 12.7. The molecule has 110 valence electrons. The highest BCUT2D eigenvalue weighted by atomic mass is 35.5. The van der Waals surface area contributed by atoms with Crippen molar-refractivity contribution >= 4 is 40.0 Å². The Bertz CT molecular complexity index is 676. The van der Waals surface area contributed by atoms with E-state index in [1.807, 2.05) is 47.0 Å². The molecule has 1 unspecified atom stereocenters. The Morgan fingerprint density at radius 3 is 3.10 bits per heavy atom. The summed E-state index contributed by atoms with van der Waals surface area (Å²) in [6, 6.07) is 9.58. The molecule has 0 bridgehead atoms. The van der Waals surface area contributed by atoms with Crippen molar-refractivity contribution in [1.82, 2.24) is 9.88 Å². The van der Waals surface area contributed by atoms with Gasteiger partial charge in [0.05, 0.1) is 0 Å². The number of carbonyl (C=O) groups is 1. The van der Waals surface area contributed by atoms with Gasteiger partial charge in [-0.05, 0) is 17.9 Å². The third kappa shape index (κ3) is 3.01. The van der Waals surface area contributed by atoms with Crippen molar-refractivity contribution in [3.8, 4) is 0 Å². The van der Waals surface area contributed by atoms with Crippen molar-refractivity contribution in [1.29, 1.82) is 0 Å². The van der Waals surface area contributed by atoms with Gasteiger partial charge in [-0.1, -0.05) is 42.8 Å². The first-order chi connectivity index (χ1) is 10.2. The van der Waals surface area contributed by atoms with Gasteiger partial charge in [0.1, 0.15) is 10.8 Å². The van der Waals surface area contributed by atoms with Crippen LogP contribution in [-0.2, 0) is 0 Å². The van der Waals surface area contributed by atoms with Crippen molar-refractivity contribution in [2.75, 3.05) is 18.8 Å². The first-order valence-electron chi connectivity index (χ1n) is 7.15. The van der Waals surface area contributed by atoms with E-state index in [2.05, 4.69) is 11.9 Å². The molecule has 1 atom stereocenters. The van der Waals surface area contributed by atoms with Gasteiger partial charge in [0.15, 0.2) is 0 Å². The lowest BCUT2D eigenvalue weighted by Crippen LogP contribution is -2.42. The predicted octanol–water partition coefficient (Wildman–Crippen LogP) is 3.86. The molecule has 2 heterocycles. The maximum atomic E-state index is 12.7. The summed E-state index contributed by atoms with van der Waals surface area (Å²) >= 11 is 8.16. The number of halogens is 1. The Balaban J connectivity index is 1.91. The van der Waals surface area contributed by atoms with E-state index in [-0.39, 0.29) is 5.91 Å². The molecule has 2 aromatic rings. The quantitative estimate of drug-likeness (QED) is 0.788. The van der Waals surface area contributed by atoms with E-state index >= 15 is 0 Å². The summed E-state index contributed by atoms with van der Waals surface area (Å²) in [5.41, 5.74) is 0.445. The van der Waals surface area contributed by atoms with Crippen LogP contribution in [0.4, 0.5) is 0 Å². The molecule has 1 aromatic heterocycles. The van der Waals surface area contributed by atoms with Crippen LogP contribution < -0.4 is 0 Å². The molecule has 1 aliphatic heterocycles. The molecule has 3 rings (SSSR count). The molecule has 0 N–H and O–H groups in total. The molecule has 1 fully saturated rings. The standard InChI is InChI=1S/C16H17ClN2OS/c1-2-12-10-19(7-8-21-12)16(20)14-9-11-5-3-4-6-13(11)15(17)18-14/h3-6,9,12H,2,7-8,10H2,1H3. The Kier molecular flexibility index (Phi) is 4.36. The van der Waals surface area contributed by atoms with Gasteiger partial charge in [-0.3, -0.25) is 4.79 Å². The Morgan fingerprint density at radius 1 is 1.48 bits per heavy atom. The summed E-state index contributed by atoms with van der Waals surface area (Å²) in [4.78, 5) is 18.8. The van der Waals surface area contributed by atoms with Crippen molar-refractivity contribution in [3.05, 3.63) is 41.2 Å². The smallest absolute Gasteiger partial charge is 0.272 e. The van der Waals surface area contributed by atoms with Gasteiger partial charge >= 0.3 is 0 Å². The van der Waals surface area contributed by atoms with Crippen molar-refractivity contribution in [3.63, 3.8) is 0 Å². The lowest BCUT2D eigenvalue weighted by molar-refractivity contribution is 0.0755. The van der Waals surface area contributed by atoms with Crippen LogP contribution in [-0.4, -0.2) is 39.9 Å². The number of carbonyl (C=O) groups excluding carboxylic acids is 1. The lowest BCUT2D eigenvalue weighted by atomic mass is 10.1. The second-order valence-electron chi connectivity index (χ2n) is 5.17. The van der Waals surface area contributed by atoms with Crippen LogP contribution in [0.1, 0.15) is 23.8 Å². The molecule has 5 heteroatoms. The third-order valence-corrected chi connectivity index (χ3v) is 5.45.